The fourth-order valence-electron chi connectivity index (χ4n) is 3.39. The number of hydrogen-bond donors (Lipinski definition) is 1. The number of Topliss-reactive ketones (excluding diaryl/α,β-unsaturated/α-hetero) is 1. The van der Waals surface area contributed by atoms with Crippen LogP contribution in [0.3, 0.4) is 0 Å². The van der Waals surface area contributed by atoms with E-state index in [1.54, 1.807) is 17.5 Å². The van der Waals surface area contributed by atoms with Crippen LogP contribution >= 0.6 is 11.3 Å². The smallest absolute Gasteiger partial charge is 0.162 e. The van der Waals surface area contributed by atoms with Gasteiger partial charge < -0.3 is 5.32 Å². The molecule has 134 valence electrons. The van der Waals surface area contributed by atoms with E-state index in [1.165, 1.54) is 25.7 Å². The van der Waals surface area contributed by atoms with Crippen LogP contribution in [-0.4, -0.2) is 26.8 Å². The number of nitrogens with one attached hydrogen (secondary N) is 1. The fourth-order valence-corrected chi connectivity index (χ4v) is 4.18. The lowest BCUT2D eigenvalue weighted by Gasteiger charge is -2.14. The number of hydrogen-bond acceptors (Lipinski definition) is 6. The van der Waals surface area contributed by atoms with E-state index < -0.39 is 0 Å². The summed E-state index contributed by atoms with van der Waals surface area (Å²) in [7, 11) is 0. The van der Waals surface area contributed by atoms with E-state index in [-0.39, 0.29) is 5.78 Å². The highest BCUT2D eigenvalue weighted by molar-refractivity contribution is 7.17. The van der Waals surface area contributed by atoms with Crippen molar-refractivity contribution in [3.63, 3.8) is 0 Å². The Kier molecular flexibility index (Phi) is 4.93. The SMILES string of the molecule is CCC(=O)Cc1cc(-c2nc(NC3CCCC3)c3sccc3n2)ccn1. The second kappa shape index (κ2) is 7.50. The molecule has 0 aromatic carbocycles. The number of fused-ring (bicyclic) bond motifs is 1. The van der Waals surface area contributed by atoms with Gasteiger partial charge in [-0.15, -0.1) is 11.3 Å². The maximum atomic E-state index is 11.7. The summed E-state index contributed by atoms with van der Waals surface area (Å²) in [6, 6.07) is 6.37. The normalized spacial score (nSPS) is 14.8. The van der Waals surface area contributed by atoms with Crippen molar-refractivity contribution in [2.24, 2.45) is 0 Å². The van der Waals surface area contributed by atoms with E-state index >= 15 is 0 Å². The minimum Gasteiger partial charge on any atom is -0.366 e. The third-order valence-corrected chi connectivity index (χ3v) is 5.76. The Balaban J connectivity index is 1.70. The van der Waals surface area contributed by atoms with E-state index in [1.807, 2.05) is 25.1 Å². The molecule has 0 unspecified atom stereocenters. The lowest BCUT2D eigenvalue weighted by Crippen LogP contribution is -2.16. The minimum absolute atomic E-state index is 0.187. The number of carbonyl (C=O) groups is 1. The van der Waals surface area contributed by atoms with Gasteiger partial charge in [0.15, 0.2) is 5.82 Å². The number of aromatic nitrogens is 3. The highest BCUT2D eigenvalue weighted by Gasteiger charge is 2.18. The maximum absolute atomic E-state index is 11.7. The van der Waals surface area contributed by atoms with Gasteiger partial charge in [-0.25, -0.2) is 9.97 Å². The summed E-state index contributed by atoms with van der Waals surface area (Å²) in [5, 5.41) is 5.68. The van der Waals surface area contributed by atoms with Crippen LogP contribution in [0.5, 0.6) is 0 Å². The first-order chi connectivity index (χ1) is 12.7. The topological polar surface area (TPSA) is 67.8 Å². The van der Waals surface area contributed by atoms with Crippen LogP contribution in [0.1, 0.15) is 44.7 Å². The average Bonchev–Trinajstić information content (AvgIpc) is 3.33. The molecule has 0 radical (unpaired) electrons. The zero-order valence-corrected chi connectivity index (χ0v) is 15.7. The molecule has 1 aliphatic carbocycles. The lowest BCUT2D eigenvalue weighted by molar-refractivity contribution is -0.118. The molecule has 1 aliphatic rings. The molecule has 3 aromatic heterocycles. The largest absolute Gasteiger partial charge is 0.366 e. The summed E-state index contributed by atoms with van der Waals surface area (Å²) < 4.78 is 1.11. The van der Waals surface area contributed by atoms with Crippen LogP contribution in [0.2, 0.25) is 0 Å². The van der Waals surface area contributed by atoms with Gasteiger partial charge in [-0.05, 0) is 36.4 Å². The number of pyridine rings is 1. The number of ketones is 1. The Morgan fingerprint density at radius 3 is 2.92 bits per heavy atom. The monoisotopic (exact) mass is 366 g/mol. The summed E-state index contributed by atoms with van der Waals surface area (Å²) in [5.74, 6) is 1.80. The molecule has 1 N–H and O–H groups in total. The molecule has 3 heterocycles. The standard InChI is InChI=1S/C20H22N4OS/c1-2-16(25)12-15-11-13(7-9-21-15)19-23-17-8-10-26-18(17)20(24-19)22-14-5-3-4-6-14/h7-11,14H,2-6,12H2,1H3,(H,22,23,24). The summed E-state index contributed by atoms with van der Waals surface area (Å²) in [6.07, 6.45) is 7.58. The summed E-state index contributed by atoms with van der Waals surface area (Å²) >= 11 is 1.67. The van der Waals surface area contributed by atoms with Crippen LogP contribution in [-0.2, 0) is 11.2 Å². The number of rotatable bonds is 6. The number of thiophene rings is 1. The minimum atomic E-state index is 0.187. The van der Waals surface area contributed by atoms with Gasteiger partial charge in [0.25, 0.3) is 0 Å². The number of anilines is 1. The molecule has 1 saturated carbocycles. The molecule has 6 heteroatoms. The van der Waals surface area contributed by atoms with Gasteiger partial charge in [-0.1, -0.05) is 19.8 Å². The van der Waals surface area contributed by atoms with Gasteiger partial charge in [0, 0.05) is 36.3 Å². The van der Waals surface area contributed by atoms with Crippen molar-refractivity contribution >= 4 is 33.2 Å². The number of carbonyl (C=O) groups excluding carboxylic acids is 1. The van der Waals surface area contributed by atoms with Crippen molar-refractivity contribution in [1.29, 1.82) is 0 Å². The van der Waals surface area contributed by atoms with E-state index in [0.717, 1.165) is 27.3 Å². The van der Waals surface area contributed by atoms with E-state index in [0.29, 0.717) is 24.7 Å². The van der Waals surface area contributed by atoms with Crippen molar-refractivity contribution in [2.75, 3.05) is 5.32 Å². The molecular weight excluding hydrogens is 344 g/mol. The summed E-state index contributed by atoms with van der Waals surface area (Å²) in [4.78, 5) is 25.6. The summed E-state index contributed by atoms with van der Waals surface area (Å²) in [5.41, 5.74) is 2.64. The van der Waals surface area contributed by atoms with Gasteiger partial charge in [0.2, 0.25) is 0 Å². The highest BCUT2D eigenvalue weighted by atomic mass is 32.1. The first-order valence-electron chi connectivity index (χ1n) is 9.21. The second-order valence-corrected chi connectivity index (χ2v) is 7.68. The first kappa shape index (κ1) is 17.1. The first-order valence-corrected chi connectivity index (χ1v) is 10.1. The molecule has 4 rings (SSSR count). The third kappa shape index (κ3) is 3.60. The molecule has 5 nitrogen and oxygen atoms in total. The molecule has 1 fully saturated rings. The zero-order chi connectivity index (χ0) is 17.9. The van der Waals surface area contributed by atoms with Crippen LogP contribution in [0, 0.1) is 0 Å². The molecule has 0 spiro atoms. The lowest BCUT2D eigenvalue weighted by atomic mass is 10.1. The van der Waals surface area contributed by atoms with Gasteiger partial charge in [-0.2, -0.15) is 0 Å². The maximum Gasteiger partial charge on any atom is 0.162 e. The Bertz CT molecular complexity index is 930. The Hall–Kier alpha value is -2.34. The molecule has 0 saturated heterocycles. The van der Waals surface area contributed by atoms with Gasteiger partial charge in [0.05, 0.1) is 10.2 Å². The van der Waals surface area contributed by atoms with E-state index in [9.17, 15) is 4.79 Å². The Morgan fingerprint density at radius 1 is 1.27 bits per heavy atom. The predicted octanol–water partition coefficient (Wildman–Crippen LogP) is 4.63. The van der Waals surface area contributed by atoms with Gasteiger partial charge in [0.1, 0.15) is 11.6 Å². The Morgan fingerprint density at radius 2 is 2.12 bits per heavy atom. The van der Waals surface area contributed by atoms with Crippen LogP contribution < -0.4 is 5.32 Å². The highest BCUT2D eigenvalue weighted by Crippen LogP contribution is 2.31. The average molecular weight is 366 g/mol. The molecule has 0 aliphatic heterocycles. The van der Waals surface area contributed by atoms with E-state index in [2.05, 4.69) is 15.7 Å². The Labute approximate surface area is 156 Å². The summed E-state index contributed by atoms with van der Waals surface area (Å²) in [6.45, 7) is 1.88. The zero-order valence-electron chi connectivity index (χ0n) is 14.9. The predicted molar refractivity (Wildman–Crippen MR) is 106 cm³/mol. The van der Waals surface area contributed by atoms with E-state index in [4.69, 9.17) is 9.97 Å². The third-order valence-electron chi connectivity index (χ3n) is 4.85. The second-order valence-electron chi connectivity index (χ2n) is 6.76. The van der Waals surface area contributed by atoms with Crippen molar-refractivity contribution in [3.8, 4) is 11.4 Å². The molecule has 0 amide bonds. The van der Waals surface area contributed by atoms with Crippen molar-refractivity contribution in [3.05, 3.63) is 35.5 Å². The number of nitrogens with zero attached hydrogens (tertiary/aromatic N) is 3. The van der Waals surface area contributed by atoms with Crippen molar-refractivity contribution in [1.82, 2.24) is 15.0 Å². The van der Waals surface area contributed by atoms with Crippen molar-refractivity contribution < 1.29 is 4.79 Å². The molecule has 3 aromatic rings. The molecule has 0 bridgehead atoms. The van der Waals surface area contributed by atoms with Crippen LogP contribution in [0.25, 0.3) is 21.6 Å². The van der Waals surface area contributed by atoms with Crippen LogP contribution in [0.15, 0.2) is 29.8 Å². The quantitative estimate of drug-likeness (QED) is 0.689. The molecule has 26 heavy (non-hydrogen) atoms. The fraction of sp³-hybridized carbons (Fsp3) is 0.400. The van der Waals surface area contributed by atoms with Crippen molar-refractivity contribution in [2.45, 2.75) is 51.5 Å². The molecule has 0 atom stereocenters. The van der Waals surface area contributed by atoms with Crippen LogP contribution in [0.4, 0.5) is 5.82 Å². The van der Waals surface area contributed by atoms with Gasteiger partial charge in [-0.3, -0.25) is 9.78 Å². The van der Waals surface area contributed by atoms with Gasteiger partial charge >= 0.3 is 0 Å². The molecular formula is C20H22N4OS.